The molecular weight excluding hydrogens is 384 g/mol. The molecule has 158 valence electrons. The van der Waals surface area contributed by atoms with Crippen LogP contribution in [0.1, 0.15) is 28.8 Å². The van der Waals surface area contributed by atoms with Crippen molar-refractivity contribution in [1.29, 1.82) is 0 Å². The Bertz CT molecular complexity index is 1010. The van der Waals surface area contributed by atoms with E-state index < -0.39 is 11.8 Å². The van der Waals surface area contributed by atoms with E-state index in [1.165, 1.54) is 4.57 Å². The lowest BCUT2D eigenvalue weighted by molar-refractivity contribution is -0.136. The quantitative estimate of drug-likeness (QED) is 0.742. The van der Waals surface area contributed by atoms with E-state index in [2.05, 4.69) is 10.6 Å². The topological polar surface area (TPSA) is 101 Å². The van der Waals surface area contributed by atoms with Crippen molar-refractivity contribution in [3.8, 4) is 0 Å². The van der Waals surface area contributed by atoms with Crippen LogP contribution < -0.4 is 16.2 Å². The third-order valence-electron chi connectivity index (χ3n) is 5.29. The minimum absolute atomic E-state index is 0.166. The van der Waals surface area contributed by atoms with Crippen molar-refractivity contribution in [2.75, 3.05) is 25.0 Å². The van der Waals surface area contributed by atoms with Gasteiger partial charge in [-0.3, -0.25) is 19.2 Å². The molecule has 3 rings (SSSR count). The highest BCUT2D eigenvalue weighted by Gasteiger charge is 2.26. The largest absolute Gasteiger partial charge is 0.348 e. The van der Waals surface area contributed by atoms with Gasteiger partial charge in [-0.1, -0.05) is 12.1 Å². The van der Waals surface area contributed by atoms with Crippen molar-refractivity contribution in [3.05, 3.63) is 64.1 Å². The van der Waals surface area contributed by atoms with E-state index in [0.717, 1.165) is 5.56 Å². The van der Waals surface area contributed by atoms with Gasteiger partial charge in [0.25, 0.3) is 11.5 Å². The minimum atomic E-state index is -0.701. The summed E-state index contributed by atoms with van der Waals surface area (Å²) in [5, 5.41) is 5.26. The molecule has 0 saturated carbocycles. The summed E-state index contributed by atoms with van der Waals surface area (Å²) < 4.78 is 1.39. The lowest BCUT2D eigenvalue weighted by Crippen LogP contribution is -2.44. The van der Waals surface area contributed by atoms with Crippen molar-refractivity contribution in [1.82, 2.24) is 14.8 Å². The smallest absolute Gasteiger partial charge is 0.313 e. The Kier molecular flexibility index (Phi) is 6.66. The van der Waals surface area contributed by atoms with Crippen LogP contribution in [0.15, 0.2) is 47.4 Å². The van der Waals surface area contributed by atoms with Gasteiger partial charge in [-0.25, -0.2) is 0 Å². The molecule has 0 bridgehead atoms. The van der Waals surface area contributed by atoms with Gasteiger partial charge in [0.1, 0.15) is 5.56 Å². The number of benzene rings is 1. The molecule has 2 aromatic rings. The second-order valence-corrected chi connectivity index (χ2v) is 7.61. The number of aromatic nitrogens is 1. The number of anilines is 1. The number of piperidine rings is 1. The zero-order chi connectivity index (χ0) is 21.7. The van der Waals surface area contributed by atoms with Gasteiger partial charge in [0.15, 0.2) is 0 Å². The van der Waals surface area contributed by atoms with E-state index in [0.29, 0.717) is 38.2 Å². The molecule has 0 spiro atoms. The normalized spacial score (nSPS) is 14.3. The van der Waals surface area contributed by atoms with Gasteiger partial charge in [0, 0.05) is 38.6 Å². The van der Waals surface area contributed by atoms with Crippen LogP contribution in [0.25, 0.3) is 0 Å². The predicted molar refractivity (Wildman–Crippen MR) is 113 cm³/mol. The first kappa shape index (κ1) is 21.3. The molecule has 1 aromatic carbocycles. The Morgan fingerprint density at radius 2 is 1.80 bits per heavy atom. The number of hydrogen-bond acceptors (Lipinski definition) is 4. The zero-order valence-electron chi connectivity index (χ0n) is 17.2. The predicted octanol–water partition coefficient (Wildman–Crippen LogP) is 1.30. The fourth-order valence-electron chi connectivity index (χ4n) is 3.50. The standard InChI is InChI=1S/C22H26N4O4/c1-15-5-3-6-17(13-15)24-20(28)19(27)23-14-16-8-11-26(12-9-16)22(30)18-7-4-10-25(2)21(18)29/h3-7,10,13,16H,8-9,11-12,14H2,1-2H3,(H,23,27)(H,24,28). The van der Waals surface area contributed by atoms with Gasteiger partial charge in [-0.05, 0) is 55.5 Å². The molecule has 2 N–H and O–H groups in total. The fourth-order valence-corrected chi connectivity index (χ4v) is 3.50. The van der Waals surface area contributed by atoms with E-state index in [1.807, 2.05) is 19.1 Å². The lowest BCUT2D eigenvalue weighted by atomic mass is 9.96. The van der Waals surface area contributed by atoms with Crippen molar-refractivity contribution in [3.63, 3.8) is 0 Å². The number of nitrogens with zero attached hydrogens (tertiary/aromatic N) is 2. The minimum Gasteiger partial charge on any atom is -0.348 e. The van der Waals surface area contributed by atoms with Crippen LogP contribution in [-0.2, 0) is 16.6 Å². The number of aryl methyl sites for hydroxylation is 2. The summed E-state index contributed by atoms with van der Waals surface area (Å²) in [6, 6.07) is 10.5. The van der Waals surface area contributed by atoms with Crippen molar-refractivity contribution in [2.45, 2.75) is 19.8 Å². The van der Waals surface area contributed by atoms with Crippen LogP contribution >= 0.6 is 0 Å². The molecule has 8 nitrogen and oxygen atoms in total. The lowest BCUT2D eigenvalue weighted by Gasteiger charge is -2.32. The number of carbonyl (C=O) groups is 3. The third-order valence-corrected chi connectivity index (χ3v) is 5.29. The average molecular weight is 410 g/mol. The third kappa shape index (κ3) is 5.14. The summed E-state index contributed by atoms with van der Waals surface area (Å²) >= 11 is 0. The molecule has 8 heteroatoms. The molecule has 3 amide bonds. The highest BCUT2D eigenvalue weighted by molar-refractivity contribution is 6.39. The van der Waals surface area contributed by atoms with Crippen LogP contribution in [0.4, 0.5) is 5.69 Å². The summed E-state index contributed by atoms with van der Waals surface area (Å²) in [5.41, 5.74) is 1.42. The Morgan fingerprint density at radius 3 is 2.50 bits per heavy atom. The van der Waals surface area contributed by atoms with Crippen LogP contribution in [0.2, 0.25) is 0 Å². The summed E-state index contributed by atoms with van der Waals surface area (Å²) in [4.78, 5) is 50.6. The maximum Gasteiger partial charge on any atom is 0.313 e. The molecule has 1 aliphatic heterocycles. The molecule has 0 radical (unpaired) electrons. The summed E-state index contributed by atoms with van der Waals surface area (Å²) in [5.74, 6) is -1.48. The Morgan fingerprint density at radius 1 is 1.07 bits per heavy atom. The fraction of sp³-hybridized carbons (Fsp3) is 0.364. The molecule has 0 aliphatic carbocycles. The van der Waals surface area contributed by atoms with Gasteiger partial charge >= 0.3 is 11.8 Å². The monoisotopic (exact) mass is 410 g/mol. The molecule has 1 aliphatic rings. The molecule has 2 heterocycles. The van der Waals surface area contributed by atoms with Crippen LogP contribution in [0.5, 0.6) is 0 Å². The molecular formula is C22H26N4O4. The molecule has 30 heavy (non-hydrogen) atoms. The highest BCUT2D eigenvalue weighted by Crippen LogP contribution is 2.18. The molecule has 1 fully saturated rings. The zero-order valence-corrected chi connectivity index (χ0v) is 17.2. The number of hydrogen-bond donors (Lipinski definition) is 2. The Labute approximate surface area is 174 Å². The van der Waals surface area contributed by atoms with Crippen molar-refractivity contribution in [2.24, 2.45) is 13.0 Å². The van der Waals surface area contributed by atoms with E-state index in [-0.39, 0.29) is 22.9 Å². The SMILES string of the molecule is Cc1cccc(NC(=O)C(=O)NCC2CCN(C(=O)c3cccn(C)c3=O)CC2)c1. The molecule has 1 saturated heterocycles. The molecule has 0 unspecified atom stereocenters. The van der Waals surface area contributed by atoms with Crippen LogP contribution in [-0.4, -0.2) is 46.8 Å². The molecule has 1 aromatic heterocycles. The second-order valence-electron chi connectivity index (χ2n) is 7.61. The number of nitrogens with one attached hydrogen (secondary N) is 2. The average Bonchev–Trinajstić information content (AvgIpc) is 2.74. The number of likely N-dealkylation sites (tertiary alicyclic amines) is 1. The van der Waals surface area contributed by atoms with Gasteiger partial charge in [-0.2, -0.15) is 0 Å². The number of amides is 3. The summed E-state index contributed by atoms with van der Waals surface area (Å²) in [7, 11) is 1.61. The van der Waals surface area contributed by atoms with E-state index in [4.69, 9.17) is 0 Å². The first-order chi connectivity index (χ1) is 14.3. The van der Waals surface area contributed by atoms with E-state index >= 15 is 0 Å². The van der Waals surface area contributed by atoms with Crippen LogP contribution in [0, 0.1) is 12.8 Å². The van der Waals surface area contributed by atoms with Crippen molar-refractivity contribution < 1.29 is 14.4 Å². The van der Waals surface area contributed by atoms with Gasteiger partial charge in [0.05, 0.1) is 0 Å². The second kappa shape index (κ2) is 9.39. The maximum atomic E-state index is 12.6. The number of carbonyl (C=O) groups excluding carboxylic acids is 3. The first-order valence-electron chi connectivity index (χ1n) is 9.96. The number of pyridine rings is 1. The number of rotatable bonds is 4. The van der Waals surface area contributed by atoms with Crippen molar-refractivity contribution >= 4 is 23.4 Å². The highest BCUT2D eigenvalue weighted by atomic mass is 16.2. The summed E-state index contributed by atoms with van der Waals surface area (Å²) in [6.07, 6.45) is 3.00. The van der Waals surface area contributed by atoms with Gasteiger partial charge in [0.2, 0.25) is 0 Å². The van der Waals surface area contributed by atoms with Gasteiger partial charge in [-0.15, -0.1) is 0 Å². The van der Waals surface area contributed by atoms with E-state index in [9.17, 15) is 19.2 Å². The van der Waals surface area contributed by atoms with Crippen LogP contribution in [0.3, 0.4) is 0 Å². The molecule has 0 atom stereocenters. The van der Waals surface area contributed by atoms with Gasteiger partial charge < -0.3 is 20.1 Å². The van der Waals surface area contributed by atoms with E-state index in [1.54, 1.807) is 42.4 Å². The summed E-state index contributed by atoms with van der Waals surface area (Å²) in [6.45, 7) is 3.29. The maximum absolute atomic E-state index is 12.6. The first-order valence-corrected chi connectivity index (χ1v) is 9.96. The Balaban J connectivity index is 1.46. The Hall–Kier alpha value is -3.42.